The number of nitrogens with one attached hydrogen (secondary N) is 2. The molecule has 7 heteroatoms. The fourth-order valence-electron chi connectivity index (χ4n) is 1.90. The first kappa shape index (κ1) is 11.6. The van der Waals surface area contributed by atoms with Crippen molar-refractivity contribution >= 4 is 10.0 Å². The van der Waals surface area contributed by atoms with Gasteiger partial charge < -0.3 is 5.11 Å². The Kier molecular flexibility index (Phi) is 2.77. The van der Waals surface area contributed by atoms with Gasteiger partial charge in [0.1, 0.15) is 4.90 Å². The summed E-state index contributed by atoms with van der Waals surface area (Å²) in [6.45, 7) is 3.32. The molecule has 0 aliphatic heterocycles. The number of aliphatic hydroxyl groups excluding tert-OH is 1. The van der Waals surface area contributed by atoms with Crippen LogP contribution in [0.25, 0.3) is 0 Å². The lowest BCUT2D eigenvalue weighted by Crippen LogP contribution is -2.46. The van der Waals surface area contributed by atoms with Gasteiger partial charge in [-0.05, 0) is 26.7 Å². The highest BCUT2D eigenvalue weighted by Gasteiger charge is 2.33. The van der Waals surface area contributed by atoms with Gasteiger partial charge in [-0.15, -0.1) is 0 Å². The molecule has 1 aromatic heterocycles. The molecule has 0 atom stereocenters. The summed E-state index contributed by atoms with van der Waals surface area (Å²) < 4.78 is 26.5. The van der Waals surface area contributed by atoms with E-state index in [1.54, 1.807) is 13.8 Å². The van der Waals surface area contributed by atoms with Gasteiger partial charge in [-0.2, -0.15) is 5.10 Å². The lowest BCUT2D eigenvalue weighted by Gasteiger charge is -2.31. The average molecular weight is 245 g/mol. The third-order valence-electron chi connectivity index (χ3n) is 2.76. The number of nitrogens with zero attached hydrogens (tertiary/aromatic N) is 1. The van der Waals surface area contributed by atoms with Crippen molar-refractivity contribution in [1.29, 1.82) is 0 Å². The maximum Gasteiger partial charge on any atom is 0.244 e. The molecule has 0 unspecified atom stereocenters. The molecular formula is C9H15N3O3S. The van der Waals surface area contributed by atoms with E-state index >= 15 is 0 Å². The second kappa shape index (κ2) is 3.83. The van der Waals surface area contributed by atoms with E-state index in [1.165, 1.54) is 0 Å². The predicted octanol–water partition coefficient (Wildman–Crippen LogP) is -0.172. The van der Waals surface area contributed by atoms with Crippen LogP contribution in [0.5, 0.6) is 0 Å². The topological polar surface area (TPSA) is 95.1 Å². The van der Waals surface area contributed by atoms with Crippen molar-refractivity contribution in [1.82, 2.24) is 14.9 Å². The summed E-state index contributed by atoms with van der Waals surface area (Å²) in [5.41, 5.74) is 0.995. The molecule has 3 N–H and O–H groups in total. The number of hydrogen-bond acceptors (Lipinski definition) is 4. The molecule has 16 heavy (non-hydrogen) atoms. The second-order valence-electron chi connectivity index (χ2n) is 4.21. The third kappa shape index (κ3) is 1.98. The number of rotatable bonds is 3. The second-order valence-corrected chi connectivity index (χ2v) is 5.86. The van der Waals surface area contributed by atoms with Crippen LogP contribution in [0.2, 0.25) is 0 Å². The van der Waals surface area contributed by atoms with Gasteiger partial charge >= 0.3 is 0 Å². The molecule has 0 bridgehead atoms. The van der Waals surface area contributed by atoms with Crippen molar-refractivity contribution in [3.63, 3.8) is 0 Å². The Morgan fingerprint density at radius 2 is 2.06 bits per heavy atom. The molecule has 0 amide bonds. The van der Waals surface area contributed by atoms with E-state index < -0.39 is 10.0 Å². The van der Waals surface area contributed by atoms with E-state index in [0.29, 0.717) is 24.2 Å². The van der Waals surface area contributed by atoms with Gasteiger partial charge in [-0.1, -0.05) is 0 Å². The summed E-state index contributed by atoms with van der Waals surface area (Å²) in [6, 6.07) is -0.159. The van der Waals surface area contributed by atoms with Crippen LogP contribution in [0.3, 0.4) is 0 Å². The number of hydrogen-bond donors (Lipinski definition) is 3. The summed E-state index contributed by atoms with van der Waals surface area (Å²) >= 11 is 0. The number of aromatic amines is 1. The summed E-state index contributed by atoms with van der Waals surface area (Å²) in [7, 11) is -3.52. The van der Waals surface area contributed by atoms with Crippen LogP contribution >= 0.6 is 0 Å². The molecule has 1 aliphatic carbocycles. The highest BCUT2D eigenvalue weighted by Crippen LogP contribution is 2.23. The zero-order chi connectivity index (χ0) is 11.9. The van der Waals surface area contributed by atoms with Crippen LogP contribution in [-0.4, -0.2) is 35.9 Å². The van der Waals surface area contributed by atoms with E-state index in [9.17, 15) is 8.42 Å². The van der Waals surface area contributed by atoms with Gasteiger partial charge in [-0.25, -0.2) is 13.1 Å². The monoisotopic (exact) mass is 245 g/mol. The van der Waals surface area contributed by atoms with Crippen LogP contribution in [-0.2, 0) is 10.0 Å². The smallest absolute Gasteiger partial charge is 0.244 e. The van der Waals surface area contributed by atoms with Crippen LogP contribution in [0.4, 0.5) is 0 Å². The minimum atomic E-state index is -3.52. The minimum absolute atomic E-state index is 0.159. The standard InChI is InChI=1S/C9H15N3O3S/c1-5-9(6(2)11-10-5)16(14,15)12-7-3-8(13)4-7/h7-8,12-13H,3-4H2,1-2H3,(H,10,11). The van der Waals surface area contributed by atoms with Gasteiger partial charge in [0.05, 0.1) is 17.5 Å². The first-order chi connectivity index (χ1) is 7.40. The van der Waals surface area contributed by atoms with Gasteiger partial charge in [-0.3, -0.25) is 5.10 Å². The fraction of sp³-hybridized carbons (Fsp3) is 0.667. The van der Waals surface area contributed by atoms with Crippen LogP contribution in [0.1, 0.15) is 24.2 Å². The molecule has 6 nitrogen and oxygen atoms in total. The van der Waals surface area contributed by atoms with Crippen molar-refractivity contribution in [2.45, 2.75) is 43.7 Å². The van der Waals surface area contributed by atoms with Crippen molar-refractivity contribution in [3.8, 4) is 0 Å². The lowest BCUT2D eigenvalue weighted by molar-refractivity contribution is 0.0712. The first-order valence-corrected chi connectivity index (χ1v) is 6.60. The number of sulfonamides is 1. The number of H-pyrrole nitrogens is 1. The molecule has 1 fully saturated rings. The highest BCUT2D eigenvalue weighted by molar-refractivity contribution is 7.89. The number of aliphatic hydroxyl groups is 1. The maximum atomic E-state index is 12.0. The van der Waals surface area contributed by atoms with Crippen molar-refractivity contribution in [2.75, 3.05) is 0 Å². The Morgan fingerprint density at radius 1 is 1.44 bits per heavy atom. The Hall–Kier alpha value is -0.920. The summed E-state index contributed by atoms with van der Waals surface area (Å²) in [5.74, 6) is 0. The highest BCUT2D eigenvalue weighted by atomic mass is 32.2. The molecule has 1 heterocycles. The average Bonchev–Trinajstić information content (AvgIpc) is 2.43. The quantitative estimate of drug-likeness (QED) is 0.689. The molecule has 0 spiro atoms. The fourth-order valence-corrected chi connectivity index (χ4v) is 3.53. The molecular weight excluding hydrogens is 230 g/mol. The molecule has 0 radical (unpaired) electrons. The van der Waals surface area contributed by atoms with E-state index in [-0.39, 0.29) is 17.0 Å². The summed E-state index contributed by atoms with van der Waals surface area (Å²) in [5, 5.41) is 15.6. The number of aryl methyl sites for hydroxylation is 2. The zero-order valence-electron chi connectivity index (χ0n) is 9.19. The van der Waals surface area contributed by atoms with E-state index in [0.717, 1.165) is 0 Å². The SMILES string of the molecule is Cc1n[nH]c(C)c1S(=O)(=O)NC1CC(O)C1. The lowest BCUT2D eigenvalue weighted by atomic mass is 9.91. The van der Waals surface area contributed by atoms with E-state index in [2.05, 4.69) is 14.9 Å². The third-order valence-corrected chi connectivity index (χ3v) is 4.55. The molecule has 1 saturated carbocycles. The Morgan fingerprint density at radius 3 is 2.50 bits per heavy atom. The van der Waals surface area contributed by atoms with Gasteiger partial charge in [0.2, 0.25) is 10.0 Å². The Bertz CT molecular complexity index is 469. The van der Waals surface area contributed by atoms with E-state index in [4.69, 9.17) is 5.11 Å². The molecule has 1 aliphatic rings. The Balaban J connectivity index is 2.19. The minimum Gasteiger partial charge on any atom is -0.393 e. The van der Waals surface area contributed by atoms with Crippen LogP contribution in [0, 0.1) is 13.8 Å². The largest absolute Gasteiger partial charge is 0.393 e. The molecule has 0 saturated heterocycles. The van der Waals surface area contributed by atoms with Crippen molar-refractivity contribution in [3.05, 3.63) is 11.4 Å². The van der Waals surface area contributed by atoms with Gasteiger partial charge in [0, 0.05) is 6.04 Å². The predicted molar refractivity (Wildman–Crippen MR) is 57.4 cm³/mol. The first-order valence-electron chi connectivity index (χ1n) is 5.12. The van der Waals surface area contributed by atoms with Gasteiger partial charge in [0.25, 0.3) is 0 Å². The maximum absolute atomic E-state index is 12.0. The summed E-state index contributed by atoms with van der Waals surface area (Å²) in [6.07, 6.45) is 0.587. The van der Waals surface area contributed by atoms with Crippen molar-refractivity contribution < 1.29 is 13.5 Å². The van der Waals surface area contributed by atoms with Crippen LogP contribution in [0.15, 0.2) is 4.90 Å². The van der Waals surface area contributed by atoms with Crippen molar-refractivity contribution in [2.24, 2.45) is 0 Å². The molecule has 2 rings (SSSR count). The Labute approximate surface area is 94.1 Å². The number of aromatic nitrogens is 2. The van der Waals surface area contributed by atoms with Gasteiger partial charge in [0.15, 0.2) is 0 Å². The summed E-state index contributed by atoms with van der Waals surface area (Å²) in [4.78, 5) is 0.217. The zero-order valence-corrected chi connectivity index (χ0v) is 10.0. The molecule has 90 valence electrons. The molecule has 1 aromatic rings. The van der Waals surface area contributed by atoms with E-state index in [1.807, 2.05) is 0 Å². The van der Waals surface area contributed by atoms with Crippen LogP contribution < -0.4 is 4.72 Å². The normalized spacial score (nSPS) is 25.4. The molecule has 0 aromatic carbocycles.